The minimum absolute atomic E-state index is 0.214. The average Bonchev–Trinajstić information content (AvgIpc) is 2.90. The zero-order chi connectivity index (χ0) is 14.7. The van der Waals surface area contributed by atoms with E-state index in [9.17, 15) is 4.79 Å². The van der Waals surface area contributed by atoms with Crippen LogP contribution in [0.25, 0.3) is 10.2 Å². The number of halogens is 1. The SMILES string of the molecule is O=C(Cc1ccc(Cl)cc1)OCc1nc2ccccc2s1. The van der Waals surface area contributed by atoms with E-state index in [4.69, 9.17) is 16.3 Å². The summed E-state index contributed by atoms with van der Waals surface area (Å²) in [7, 11) is 0. The highest BCUT2D eigenvalue weighted by molar-refractivity contribution is 7.18. The number of nitrogens with zero attached hydrogens (tertiary/aromatic N) is 1. The molecule has 0 N–H and O–H groups in total. The van der Waals surface area contributed by atoms with E-state index in [-0.39, 0.29) is 19.0 Å². The van der Waals surface area contributed by atoms with Crippen molar-refractivity contribution in [1.29, 1.82) is 0 Å². The number of hydrogen-bond acceptors (Lipinski definition) is 4. The second-order valence-corrected chi connectivity index (χ2v) is 6.09. The normalized spacial score (nSPS) is 10.7. The Morgan fingerprint density at radius 2 is 1.90 bits per heavy atom. The third-order valence-corrected chi connectivity index (χ3v) is 4.22. The lowest BCUT2D eigenvalue weighted by molar-refractivity contribution is -0.144. The molecule has 0 aliphatic carbocycles. The van der Waals surface area contributed by atoms with E-state index in [1.807, 2.05) is 36.4 Å². The quantitative estimate of drug-likeness (QED) is 0.676. The van der Waals surface area contributed by atoms with Crippen molar-refractivity contribution in [3.8, 4) is 0 Å². The van der Waals surface area contributed by atoms with Crippen LogP contribution in [0.2, 0.25) is 5.02 Å². The Kier molecular flexibility index (Phi) is 4.18. The number of esters is 1. The maximum absolute atomic E-state index is 11.8. The number of rotatable bonds is 4. The first-order valence-electron chi connectivity index (χ1n) is 6.45. The van der Waals surface area contributed by atoms with Gasteiger partial charge in [-0.3, -0.25) is 4.79 Å². The van der Waals surface area contributed by atoms with E-state index < -0.39 is 0 Å². The molecule has 0 aliphatic rings. The van der Waals surface area contributed by atoms with Gasteiger partial charge >= 0.3 is 5.97 Å². The van der Waals surface area contributed by atoms with Crippen molar-refractivity contribution in [2.75, 3.05) is 0 Å². The smallest absolute Gasteiger partial charge is 0.310 e. The molecule has 0 spiro atoms. The van der Waals surface area contributed by atoms with E-state index in [0.29, 0.717) is 5.02 Å². The van der Waals surface area contributed by atoms with Crippen LogP contribution in [-0.2, 0) is 22.6 Å². The molecular weight excluding hydrogens is 306 g/mol. The first-order chi connectivity index (χ1) is 10.2. The second kappa shape index (κ2) is 6.24. The maximum Gasteiger partial charge on any atom is 0.310 e. The fraction of sp³-hybridized carbons (Fsp3) is 0.125. The van der Waals surface area contributed by atoms with Crippen LogP contribution in [0.3, 0.4) is 0 Å². The molecule has 0 bridgehead atoms. The monoisotopic (exact) mass is 317 g/mol. The predicted octanol–water partition coefficient (Wildman–Crippen LogP) is 4.24. The van der Waals surface area contributed by atoms with Crippen LogP contribution in [0.15, 0.2) is 48.5 Å². The Morgan fingerprint density at radius 3 is 2.67 bits per heavy atom. The number of aromatic nitrogens is 1. The number of benzene rings is 2. The molecule has 0 radical (unpaired) electrons. The largest absolute Gasteiger partial charge is 0.458 e. The summed E-state index contributed by atoms with van der Waals surface area (Å²) in [6, 6.07) is 15.0. The van der Waals surface area contributed by atoms with Crippen molar-refractivity contribution in [1.82, 2.24) is 4.98 Å². The molecule has 3 nitrogen and oxygen atoms in total. The van der Waals surface area contributed by atoms with Crippen LogP contribution in [0.5, 0.6) is 0 Å². The summed E-state index contributed by atoms with van der Waals surface area (Å²) >= 11 is 7.35. The van der Waals surface area contributed by atoms with Crippen LogP contribution in [0.4, 0.5) is 0 Å². The number of para-hydroxylation sites is 1. The summed E-state index contributed by atoms with van der Waals surface area (Å²) < 4.78 is 6.37. The molecule has 2 aromatic carbocycles. The molecule has 0 unspecified atom stereocenters. The lowest BCUT2D eigenvalue weighted by Crippen LogP contribution is -2.07. The molecule has 1 heterocycles. The zero-order valence-electron chi connectivity index (χ0n) is 11.1. The van der Waals surface area contributed by atoms with E-state index >= 15 is 0 Å². The van der Waals surface area contributed by atoms with Gasteiger partial charge < -0.3 is 4.74 Å². The zero-order valence-corrected chi connectivity index (χ0v) is 12.7. The van der Waals surface area contributed by atoms with E-state index in [2.05, 4.69) is 4.98 Å². The highest BCUT2D eigenvalue weighted by Crippen LogP contribution is 2.22. The first-order valence-corrected chi connectivity index (χ1v) is 7.65. The lowest BCUT2D eigenvalue weighted by atomic mass is 10.2. The number of thiazole rings is 1. The van der Waals surface area contributed by atoms with Gasteiger partial charge in [0.25, 0.3) is 0 Å². The second-order valence-electron chi connectivity index (χ2n) is 4.54. The number of ether oxygens (including phenoxy) is 1. The van der Waals surface area contributed by atoms with Gasteiger partial charge in [0, 0.05) is 5.02 Å². The van der Waals surface area contributed by atoms with Crippen molar-refractivity contribution in [3.63, 3.8) is 0 Å². The summed E-state index contributed by atoms with van der Waals surface area (Å²) in [6.07, 6.45) is 0.238. The summed E-state index contributed by atoms with van der Waals surface area (Å²) in [5.41, 5.74) is 1.82. The highest BCUT2D eigenvalue weighted by atomic mass is 35.5. The van der Waals surface area contributed by atoms with Gasteiger partial charge in [-0.15, -0.1) is 11.3 Å². The van der Waals surface area contributed by atoms with Gasteiger partial charge in [0.1, 0.15) is 11.6 Å². The standard InChI is InChI=1S/C16H12ClNO2S/c17-12-7-5-11(6-8-12)9-16(19)20-10-15-18-13-3-1-2-4-14(13)21-15/h1-8H,9-10H2. The van der Waals surface area contributed by atoms with Gasteiger partial charge in [-0.25, -0.2) is 4.98 Å². The Labute approximate surface area is 131 Å². The Hall–Kier alpha value is -1.91. The average molecular weight is 318 g/mol. The summed E-state index contributed by atoms with van der Waals surface area (Å²) in [5.74, 6) is -0.267. The first kappa shape index (κ1) is 14.0. The lowest BCUT2D eigenvalue weighted by Gasteiger charge is -2.03. The van der Waals surface area contributed by atoms with Crippen molar-refractivity contribution in [2.45, 2.75) is 13.0 Å². The van der Waals surface area contributed by atoms with E-state index in [1.54, 1.807) is 23.5 Å². The summed E-state index contributed by atoms with van der Waals surface area (Å²) in [6.45, 7) is 0.214. The minimum atomic E-state index is -0.267. The molecule has 106 valence electrons. The Balaban J connectivity index is 1.59. The fourth-order valence-corrected chi connectivity index (χ4v) is 2.95. The number of hydrogen-bond donors (Lipinski definition) is 0. The number of carbonyl (C=O) groups excluding carboxylic acids is 1. The molecule has 0 saturated carbocycles. The van der Waals surface area contributed by atoms with Crippen LogP contribution in [0, 0.1) is 0 Å². The molecule has 0 saturated heterocycles. The van der Waals surface area contributed by atoms with Crippen molar-refractivity contribution >= 4 is 39.1 Å². The van der Waals surface area contributed by atoms with Gasteiger partial charge in [0.15, 0.2) is 0 Å². The summed E-state index contributed by atoms with van der Waals surface area (Å²) in [4.78, 5) is 16.2. The third kappa shape index (κ3) is 3.60. The topological polar surface area (TPSA) is 39.2 Å². The number of fused-ring (bicyclic) bond motifs is 1. The van der Waals surface area contributed by atoms with Crippen LogP contribution in [0.1, 0.15) is 10.6 Å². The van der Waals surface area contributed by atoms with E-state index in [1.165, 1.54) is 0 Å². The van der Waals surface area contributed by atoms with Gasteiger partial charge in [0.05, 0.1) is 16.6 Å². The molecule has 1 aromatic heterocycles. The van der Waals surface area contributed by atoms with Crippen molar-refractivity contribution in [3.05, 3.63) is 64.1 Å². The van der Waals surface area contributed by atoms with Crippen molar-refractivity contribution in [2.24, 2.45) is 0 Å². The molecule has 5 heteroatoms. The predicted molar refractivity (Wildman–Crippen MR) is 84.6 cm³/mol. The minimum Gasteiger partial charge on any atom is -0.458 e. The Bertz CT molecular complexity index is 734. The van der Waals surface area contributed by atoms with Crippen LogP contribution >= 0.6 is 22.9 Å². The van der Waals surface area contributed by atoms with Gasteiger partial charge in [0.2, 0.25) is 0 Å². The fourth-order valence-electron chi connectivity index (χ4n) is 1.94. The van der Waals surface area contributed by atoms with Gasteiger partial charge in [-0.2, -0.15) is 0 Å². The van der Waals surface area contributed by atoms with Gasteiger partial charge in [-0.1, -0.05) is 35.9 Å². The molecule has 0 aliphatic heterocycles. The van der Waals surface area contributed by atoms with Gasteiger partial charge in [-0.05, 0) is 29.8 Å². The van der Waals surface area contributed by atoms with Crippen LogP contribution < -0.4 is 0 Å². The summed E-state index contributed by atoms with van der Waals surface area (Å²) in [5, 5.41) is 1.46. The molecule has 3 rings (SSSR count). The molecule has 0 atom stereocenters. The number of carbonyl (C=O) groups is 1. The highest BCUT2D eigenvalue weighted by Gasteiger charge is 2.08. The molecule has 21 heavy (non-hydrogen) atoms. The van der Waals surface area contributed by atoms with Crippen LogP contribution in [-0.4, -0.2) is 11.0 Å². The third-order valence-electron chi connectivity index (χ3n) is 2.96. The van der Waals surface area contributed by atoms with Crippen molar-refractivity contribution < 1.29 is 9.53 Å². The Morgan fingerprint density at radius 1 is 1.14 bits per heavy atom. The molecular formula is C16H12ClNO2S. The molecule has 0 fully saturated rings. The molecule has 0 amide bonds. The van der Waals surface area contributed by atoms with E-state index in [0.717, 1.165) is 20.8 Å². The molecule has 3 aromatic rings. The maximum atomic E-state index is 11.8.